The minimum absolute atomic E-state index is 0.112. The molecular formula is C24H26N6O2. The van der Waals surface area contributed by atoms with Gasteiger partial charge in [0.15, 0.2) is 0 Å². The molecule has 0 saturated heterocycles. The van der Waals surface area contributed by atoms with Crippen molar-refractivity contribution in [1.29, 1.82) is 0 Å². The maximum atomic E-state index is 12.9. The molecule has 0 aliphatic carbocycles. The van der Waals surface area contributed by atoms with Gasteiger partial charge < -0.3 is 10.2 Å². The number of nitrogens with one attached hydrogen (secondary N) is 1. The number of aromatic nitrogens is 3. The van der Waals surface area contributed by atoms with Gasteiger partial charge in [0.1, 0.15) is 12.1 Å². The first kappa shape index (κ1) is 21.4. The molecule has 0 spiro atoms. The number of amides is 3. The number of hydrogen-bond acceptors (Lipinski definition) is 5. The topological polar surface area (TPSA) is 91.3 Å². The lowest BCUT2D eigenvalue weighted by Gasteiger charge is -2.34. The Morgan fingerprint density at radius 1 is 1.09 bits per heavy atom. The SMILES string of the molecule is CC(C)c1ccc(CN2Cc3cc(C(=O)NCc4cncnc4)cnc3N(C)C2=O)cc1. The Kier molecular flexibility index (Phi) is 6.11. The number of carbonyl (C=O) groups is 2. The lowest BCUT2D eigenvalue weighted by molar-refractivity contribution is 0.0950. The summed E-state index contributed by atoms with van der Waals surface area (Å²) in [4.78, 5) is 41.1. The smallest absolute Gasteiger partial charge is 0.326 e. The van der Waals surface area contributed by atoms with Crippen LogP contribution in [0, 0.1) is 0 Å². The quantitative estimate of drug-likeness (QED) is 0.646. The molecule has 3 aromatic rings. The molecule has 2 aromatic heterocycles. The predicted molar refractivity (Wildman–Crippen MR) is 121 cm³/mol. The Morgan fingerprint density at radius 3 is 2.50 bits per heavy atom. The summed E-state index contributed by atoms with van der Waals surface area (Å²) in [6.07, 6.45) is 6.26. The van der Waals surface area contributed by atoms with E-state index < -0.39 is 0 Å². The summed E-state index contributed by atoms with van der Waals surface area (Å²) in [5.41, 5.74) is 4.42. The van der Waals surface area contributed by atoms with Gasteiger partial charge in [-0.1, -0.05) is 38.1 Å². The Hall–Kier alpha value is -3.81. The minimum Gasteiger partial charge on any atom is -0.348 e. The number of urea groups is 1. The van der Waals surface area contributed by atoms with Crippen LogP contribution in [-0.4, -0.2) is 38.8 Å². The van der Waals surface area contributed by atoms with Gasteiger partial charge in [0.25, 0.3) is 5.91 Å². The van der Waals surface area contributed by atoms with Crippen LogP contribution in [0.25, 0.3) is 0 Å². The van der Waals surface area contributed by atoms with Crippen molar-refractivity contribution in [2.24, 2.45) is 0 Å². The molecule has 0 bridgehead atoms. The summed E-state index contributed by atoms with van der Waals surface area (Å²) in [5.74, 6) is 0.803. The van der Waals surface area contributed by atoms with Gasteiger partial charge in [0.05, 0.1) is 12.1 Å². The molecule has 0 unspecified atom stereocenters. The monoisotopic (exact) mass is 430 g/mol. The predicted octanol–water partition coefficient (Wildman–Crippen LogP) is 3.50. The van der Waals surface area contributed by atoms with E-state index in [4.69, 9.17) is 0 Å². The number of pyridine rings is 1. The highest BCUT2D eigenvalue weighted by molar-refractivity contribution is 5.96. The highest BCUT2D eigenvalue weighted by Crippen LogP contribution is 2.27. The summed E-state index contributed by atoms with van der Waals surface area (Å²) in [6.45, 7) is 5.52. The molecule has 0 radical (unpaired) electrons. The van der Waals surface area contributed by atoms with Crippen molar-refractivity contribution in [2.75, 3.05) is 11.9 Å². The molecule has 3 amide bonds. The summed E-state index contributed by atoms with van der Waals surface area (Å²) in [5, 5.41) is 2.85. The fourth-order valence-electron chi connectivity index (χ4n) is 3.68. The molecule has 0 saturated carbocycles. The van der Waals surface area contributed by atoms with Crippen LogP contribution in [-0.2, 0) is 19.6 Å². The van der Waals surface area contributed by atoms with Gasteiger partial charge in [-0.05, 0) is 23.1 Å². The van der Waals surface area contributed by atoms with Gasteiger partial charge in [-0.25, -0.2) is 19.7 Å². The molecule has 164 valence electrons. The zero-order valence-corrected chi connectivity index (χ0v) is 18.4. The summed E-state index contributed by atoms with van der Waals surface area (Å²) in [6, 6.07) is 10.0. The van der Waals surface area contributed by atoms with Crippen LogP contribution in [0.1, 0.15) is 52.4 Å². The van der Waals surface area contributed by atoms with Crippen molar-refractivity contribution in [3.8, 4) is 0 Å². The maximum absolute atomic E-state index is 12.9. The van der Waals surface area contributed by atoms with Crippen LogP contribution >= 0.6 is 0 Å². The van der Waals surface area contributed by atoms with Crippen molar-refractivity contribution in [3.63, 3.8) is 0 Å². The van der Waals surface area contributed by atoms with Crippen LogP contribution < -0.4 is 10.2 Å². The molecule has 0 fully saturated rings. The highest BCUT2D eigenvalue weighted by Gasteiger charge is 2.29. The van der Waals surface area contributed by atoms with E-state index in [9.17, 15) is 9.59 Å². The van der Waals surface area contributed by atoms with Gasteiger partial charge in [-0.3, -0.25) is 9.69 Å². The molecule has 8 heteroatoms. The van der Waals surface area contributed by atoms with Crippen LogP contribution in [0.3, 0.4) is 0 Å². The standard InChI is InChI=1S/C24H26N6O2/c1-16(2)19-6-4-17(5-7-19)13-30-14-21-8-20(12-27-22(21)29(3)24(30)32)23(31)28-11-18-9-25-15-26-10-18/h4-10,12,15-16H,11,13-14H2,1-3H3,(H,28,31). The summed E-state index contributed by atoms with van der Waals surface area (Å²) >= 11 is 0. The van der Waals surface area contributed by atoms with E-state index in [1.165, 1.54) is 23.0 Å². The second-order valence-electron chi connectivity index (χ2n) is 8.23. The van der Waals surface area contributed by atoms with Crippen molar-refractivity contribution in [3.05, 3.63) is 83.1 Å². The number of rotatable bonds is 6. The molecule has 1 aliphatic heterocycles. The third kappa shape index (κ3) is 4.59. The first-order chi connectivity index (χ1) is 15.4. The lowest BCUT2D eigenvalue weighted by atomic mass is 10.0. The lowest BCUT2D eigenvalue weighted by Crippen LogP contribution is -2.45. The average Bonchev–Trinajstić information content (AvgIpc) is 2.81. The second kappa shape index (κ2) is 9.13. The van der Waals surface area contributed by atoms with E-state index in [1.54, 1.807) is 30.4 Å². The van der Waals surface area contributed by atoms with E-state index >= 15 is 0 Å². The molecule has 8 nitrogen and oxygen atoms in total. The third-order valence-corrected chi connectivity index (χ3v) is 5.53. The third-order valence-electron chi connectivity index (χ3n) is 5.53. The first-order valence-corrected chi connectivity index (χ1v) is 10.5. The molecular weight excluding hydrogens is 404 g/mol. The summed E-state index contributed by atoms with van der Waals surface area (Å²) < 4.78 is 0. The van der Waals surface area contributed by atoms with Crippen LogP contribution in [0.5, 0.6) is 0 Å². The highest BCUT2D eigenvalue weighted by atomic mass is 16.2. The van der Waals surface area contributed by atoms with Gasteiger partial charge >= 0.3 is 6.03 Å². The number of anilines is 1. The molecule has 1 N–H and O–H groups in total. The molecule has 3 heterocycles. The Morgan fingerprint density at radius 2 is 1.81 bits per heavy atom. The van der Waals surface area contributed by atoms with Gasteiger partial charge in [-0.15, -0.1) is 0 Å². The Balaban J connectivity index is 1.48. The number of carbonyl (C=O) groups excluding carboxylic acids is 2. The average molecular weight is 431 g/mol. The van der Waals surface area contributed by atoms with Crippen molar-refractivity contribution in [1.82, 2.24) is 25.2 Å². The van der Waals surface area contributed by atoms with E-state index in [1.807, 2.05) is 0 Å². The maximum Gasteiger partial charge on any atom is 0.326 e. The van der Waals surface area contributed by atoms with E-state index in [0.717, 1.165) is 16.7 Å². The zero-order chi connectivity index (χ0) is 22.7. The van der Waals surface area contributed by atoms with Crippen LogP contribution in [0.2, 0.25) is 0 Å². The fraction of sp³-hybridized carbons (Fsp3) is 0.292. The van der Waals surface area contributed by atoms with Gasteiger partial charge in [0, 0.05) is 49.9 Å². The van der Waals surface area contributed by atoms with Crippen LogP contribution in [0.15, 0.2) is 55.2 Å². The Bertz CT molecular complexity index is 1120. The molecule has 1 aromatic carbocycles. The largest absolute Gasteiger partial charge is 0.348 e. The van der Waals surface area contributed by atoms with Crippen LogP contribution in [0.4, 0.5) is 10.6 Å². The number of benzene rings is 1. The van der Waals surface area contributed by atoms with E-state index in [-0.39, 0.29) is 11.9 Å². The second-order valence-corrected chi connectivity index (χ2v) is 8.23. The normalized spacial score (nSPS) is 13.3. The summed E-state index contributed by atoms with van der Waals surface area (Å²) in [7, 11) is 1.71. The molecule has 32 heavy (non-hydrogen) atoms. The van der Waals surface area contributed by atoms with Gasteiger partial charge in [0.2, 0.25) is 0 Å². The molecule has 1 aliphatic rings. The fourth-order valence-corrected chi connectivity index (χ4v) is 3.68. The molecule has 0 atom stereocenters. The zero-order valence-electron chi connectivity index (χ0n) is 18.4. The van der Waals surface area contributed by atoms with Gasteiger partial charge in [-0.2, -0.15) is 0 Å². The first-order valence-electron chi connectivity index (χ1n) is 10.5. The van der Waals surface area contributed by atoms with E-state index in [2.05, 4.69) is 58.4 Å². The van der Waals surface area contributed by atoms with Crippen molar-refractivity contribution < 1.29 is 9.59 Å². The van der Waals surface area contributed by atoms with Crippen molar-refractivity contribution in [2.45, 2.75) is 39.4 Å². The van der Waals surface area contributed by atoms with Crippen molar-refractivity contribution >= 4 is 17.8 Å². The molecule has 4 rings (SSSR count). The number of hydrogen-bond donors (Lipinski definition) is 1. The minimum atomic E-state index is -0.237. The van der Waals surface area contributed by atoms with E-state index in [0.29, 0.717) is 36.9 Å². The number of fused-ring (bicyclic) bond motifs is 1. The Labute approximate surface area is 187 Å². The number of nitrogens with zero attached hydrogens (tertiary/aromatic N) is 5.